The van der Waals surface area contributed by atoms with Crippen molar-refractivity contribution in [1.82, 2.24) is 14.8 Å². The van der Waals surface area contributed by atoms with Gasteiger partial charge in [0.15, 0.2) is 11.0 Å². The quantitative estimate of drug-likeness (QED) is 0.353. The van der Waals surface area contributed by atoms with Gasteiger partial charge in [0.25, 0.3) is 0 Å². The molecule has 0 radical (unpaired) electrons. The summed E-state index contributed by atoms with van der Waals surface area (Å²) in [6.45, 7) is 1.38. The van der Waals surface area contributed by atoms with Gasteiger partial charge < -0.3 is 5.32 Å². The summed E-state index contributed by atoms with van der Waals surface area (Å²) in [7, 11) is 0. The number of aromatic nitrogens is 3. The number of nitrogens with zero attached hydrogens (tertiary/aromatic N) is 3. The van der Waals surface area contributed by atoms with Crippen molar-refractivity contribution in [2.75, 3.05) is 11.1 Å². The Balaban J connectivity index is 1.54. The van der Waals surface area contributed by atoms with Crippen molar-refractivity contribution in [2.45, 2.75) is 18.3 Å². The highest BCUT2D eigenvalue weighted by atomic mass is 32.2. The third-order valence-electron chi connectivity index (χ3n) is 4.84. The van der Waals surface area contributed by atoms with E-state index in [4.69, 9.17) is 0 Å². The van der Waals surface area contributed by atoms with Crippen molar-refractivity contribution in [3.05, 3.63) is 90.0 Å². The molecule has 0 aliphatic rings. The first kappa shape index (κ1) is 22.6. The van der Waals surface area contributed by atoms with E-state index in [1.165, 1.54) is 19.1 Å². The standard InChI is InChI=1S/C24H19F3N4OS/c1-16-12-13-18(14-20(16)24(25,26)27)28-21(32)15-33-23-30-29-22(17-8-4-2-5-9-17)31(23)19-10-6-3-7-11-19/h2-14H,15H2,1H3,(H,28,32). The Kier molecular flexibility index (Phi) is 6.50. The van der Waals surface area contributed by atoms with Crippen LogP contribution in [0.25, 0.3) is 17.1 Å². The summed E-state index contributed by atoms with van der Waals surface area (Å²) in [4.78, 5) is 12.5. The first-order valence-electron chi connectivity index (χ1n) is 9.99. The average molecular weight is 469 g/mol. The smallest absolute Gasteiger partial charge is 0.325 e. The van der Waals surface area contributed by atoms with Gasteiger partial charge in [0.05, 0.1) is 11.3 Å². The van der Waals surface area contributed by atoms with Crippen LogP contribution in [-0.4, -0.2) is 26.4 Å². The van der Waals surface area contributed by atoms with E-state index in [9.17, 15) is 18.0 Å². The van der Waals surface area contributed by atoms with Gasteiger partial charge in [-0.25, -0.2) is 0 Å². The van der Waals surface area contributed by atoms with Crippen LogP contribution in [0.4, 0.5) is 18.9 Å². The van der Waals surface area contributed by atoms with Gasteiger partial charge in [0, 0.05) is 16.9 Å². The van der Waals surface area contributed by atoms with Gasteiger partial charge in [-0.15, -0.1) is 10.2 Å². The Bertz CT molecular complexity index is 1260. The number of para-hydroxylation sites is 1. The zero-order valence-electron chi connectivity index (χ0n) is 17.5. The maximum atomic E-state index is 13.1. The highest BCUT2D eigenvalue weighted by molar-refractivity contribution is 7.99. The summed E-state index contributed by atoms with van der Waals surface area (Å²) >= 11 is 1.15. The topological polar surface area (TPSA) is 59.8 Å². The van der Waals surface area contributed by atoms with Gasteiger partial charge in [-0.05, 0) is 36.8 Å². The van der Waals surface area contributed by atoms with E-state index in [2.05, 4.69) is 15.5 Å². The van der Waals surface area contributed by atoms with Crippen LogP contribution in [0.2, 0.25) is 0 Å². The second-order valence-corrected chi connectivity index (χ2v) is 8.15. The van der Waals surface area contributed by atoms with Crippen LogP contribution < -0.4 is 5.32 Å². The number of halogens is 3. The van der Waals surface area contributed by atoms with Crippen LogP contribution in [0.5, 0.6) is 0 Å². The molecule has 1 heterocycles. The van der Waals surface area contributed by atoms with Crippen molar-refractivity contribution in [2.24, 2.45) is 0 Å². The first-order valence-corrected chi connectivity index (χ1v) is 11.0. The van der Waals surface area contributed by atoms with Crippen LogP contribution in [0.1, 0.15) is 11.1 Å². The Hall–Kier alpha value is -3.59. The number of aryl methyl sites for hydroxylation is 1. The molecule has 168 valence electrons. The number of thioether (sulfide) groups is 1. The van der Waals surface area contributed by atoms with Crippen molar-refractivity contribution < 1.29 is 18.0 Å². The van der Waals surface area contributed by atoms with E-state index in [-0.39, 0.29) is 17.0 Å². The molecule has 5 nitrogen and oxygen atoms in total. The number of carbonyl (C=O) groups is 1. The minimum Gasteiger partial charge on any atom is -0.325 e. The molecule has 9 heteroatoms. The fourth-order valence-electron chi connectivity index (χ4n) is 3.28. The van der Waals surface area contributed by atoms with E-state index in [0.717, 1.165) is 29.1 Å². The third kappa shape index (κ3) is 5.25. The molecule has 33 heavy (non-hydrogen) atoms. The first-order chi connectivity index (χ1) is 15.8. The highest BCUT2D eigenvalue weighted by Crippen LogP contribution is 2.33. The second-order valence-electron chi connectivity index (χ2n) is 7.21. The Morgan fingerprint density at radius 2 is 1.64 bits per heavy atom. The number of amides is 1. The predicted molar refractivity (Wildman–Crippen MR) is 122 cm³/mol. The molecule has 0 saturated carbocycles. The van der Waals surface area contributed by atoms with Crippen molar-refractivity contribution in [3.63, 3.8) is 0 Å². The fraction of sp³-hybridized carbons (Fsp3) is 0.125. The lowest BCUT2D eigenvalue weighted by Crippen LogP contribution is -2.16. The normalized spacial score (nSPS) is 11.4. The molecule has 4 aromatic rings. The summed E-state index contributed by atoms with van der Waals surface area (Å²) < 4.78 is 41.3. The molecule has 0 aliphatic carbocycles. The summed E-state index contributed by atoms with van der Waals surface area (Å²) in [6.07, 6.45) is -4.49. The van der Waals surface area contributed by atoms with Gasteiger partial charge in [-0.1, -0.05) is 66.4 Å². The SMILES string of the molecule is Cc1ccc(NC(=O)CSc2nnc(-c3ccccc3)n2-c2ccccc2)cc1C(F)(F)F. The lowest BCUT2D eigenvalue weighted by Gasteiger charge is -2.13. The molecule has 4 rings (SSSR count). The molecule has 1 aromatic heterocycles. The zero-order chi connectivity index (χ0) is 23.4. The van der Waals surface area contributed by atoms with E-state index >= 15 is 0 Å². The molecule has 0 atom stereocenters. The number of alkyl halides is 3. The molecular weight excluding hydrogens is 449 g/mol. The molecule has 0 saturated heterocycles. The van der Waals surface area contributed by atoms with Crippen molar-refractivity contribution >= 4 is 23.4 Å². The number of nitrogens with one attached hydrogen (secondary N) is 1. The van der Waals surface area contributed by atoms with Crippen LogP contribution in [0, 0.1) is 6.92 Å². The van der Waals surface area contributed by atoms with Crippen LogP contribution in [-0.2, 0) is 11.0 Å². The van der Waals surface area contributed by atoms with Gasteiger partial charge in [-0.3, -0.25) is 9.36 Å². The zero-order valence-corrected chi connectivity index (χ0v) is 18.3. The Labute approximate surface area is 192 Å². The molecule has 0 spiro atoms. The van der Waals surface area contributed by atoms with E-state index in [1.54, 1.807) is 0 Å². The second kappa shape index (κ2) is 9.50. The van der Waals surface area contributed by atoms with Crippen LogP contribution in [0.3, 0.4) is 0 Å². The van der Waals surface area contributed by atoms with Gasteiger partial charge in [0.2, 0.25) is 5.91 Å². The summed E-state index contributed by atoms with van der Waals surface area (Å²) in [5, 5.41) is 11.6. The average Bonchev–Trinajstić information content (AvgIpc) is 3.23. The molecule has 0 bridgehead atoms. The largest absolute Gasteiger partial charge is 0.416 e. The van der Waals surface area contributed by atoms with E-state index in [0.29, 0.717) is 11.0 Å². The Morgan fingerprint density at radius 3 is 2.30 bits per heavy atom. The third-order valence-corrected chi connectivity index (χ3v) is 5.77. The molecule has 3 aromatic carbocycles. The Morgan fingerprint density at radius 1 is 0.970 bits per heavy atom. The van der Waals surface area contributed by atoms with Gasteiger partial charge in [0.1, 0.15) is 0 Å². The minimum absolute atomic E-state index is 0.0466. The molecule has 0 aliphatic heterocycles. The molecule has 1 amide bonds. The molecule has 0 fully saturated rings. The highest BCUT2D eigenvalue weighted by Gasteiger charge is 2.32. The van der Waals surface area contributed by atoms with Crippen LogP contribution >= 0.6 is 11.8 Å². The van der Waals surface area contributed by atoms with Gasteiger partial charge >= 0.3 is 6.18 Å². The van der Waals surface area contributed by atoms with E-state index in [1.807, 2.05) is 65.2 Å². The number of anilines is 1. The maximum absolute atomic E-state index is 13.1. The number of benzene rings is 3. The fourth-order valence-corrected chi connectivity index (χ4v) is 4.03. The van der Waals surface area contributed by atoms with Gasteiger partial charge in [-0.2, -0.15) is 13.2 Å². The van der Waals surface area contributed by atoms with E-state index < -0.39 is 17.6 Å². The predicted octanol–water partition coefficient (Wildman–Crippen LogP) is 5.99. The molecular formula is C24H19F3N4OS. The van der Waals surface area contributed by atoms with Crippen molar-refractivity contribution in [3.8, 4) is 17.1 Å². The monoisotopic (exact) mass is 468 g/mol. The number of hydrogen-bond acceptors (Lipinski definition) is 4. The number of carbonyl (C=O) groups excluding carboxylic acids is 1. The minimum atomic E-state index is -4.49. The molecule has 0 unspecified atom stereocenters. The summed E-state index contributed by atoms with van der Waals surface area (Å²) in [5.41, 5.74) is 1.11. The number of rotatable bonds is 6. The maximum Gasteiger partial charge on any atom is 0.416 e. The lowest BCUT2D eigenvalue weighted by atomic mass is 10.1. The number of hydrogen-bond donors (Lipinski definition) is 1. The van der Waals surface area contributed by atoms with Crippen LogP contribution in [0.15, 0.2) is 84.0 Å². The van der Waals surface area contributed by atoms with Crippen molar-refractivity contribution in [1.29, 1.82) is 0 Å². The molecule has 1 N–H and O–H groups in total. The summed E-state index contributed by atoms with van der Waals surface area (Å²) in [6, 6.07) is 22.8. The summed E-state index contributed by atoms with van der Waals surface area (Å²) in [5.74, 6) is 0.133. The lowest BCUT2D eigenvalue weighted by molar-refractivity contribution is -0.138.